The zero-order chi connectivity index (χ0) is 16.1. The van der Waals surface area contributed by atoms with Gasteiger partial charge >= 0.3 is 5.97 Å². The maximum Gasteiger partial charge on any atom is 0.320 e. The molecule has 0 saturated carbocycles. The second kappa shape index (κ2) is 7.37. The van der Waals surface area contributed by atoms with Crippen LogP contribution in [0.2, 0.25) is 0 Å². The maximum atomic E-state index is 11.7. The zero-order valence-electron chi connectivity index (χ0n) is 13.1. The number of nitrogens with zero attached hydrogens (tertiary/aromatic N) is 4. The summed E-state index contributed by atoms with van der Waals surface area (Å²) in [7, 11) is 0. The van der Waals surface area contributed by atoms with Crippen LogP contribution in [0.25, 0.3) is 0 Å². The van der Waals surface area contributed by atoms with Gasteiger partial charge in [0.05, 0.1) is 6.04 Å². The summed E-state index contributed by atoms with van der Waals surface area (Å²) >= 11 is 0. The van der Waals surface area contributed by atoms with E-state index in [0.29, 0.717) is 6.42 Å². The smallest absolute Gasteiger partial charge is 0.320 e. The third-order valence-electron chi connectivity index (χ3n) is 4.51. The number of rotatable bonds is 6. The van der Waals surface area contributed by atoms with E-state index in [2.05, 4.69) is 15.0 Å². The minimum Gasteiger partial charge on any atom is -0.480 e. The molecule has 1 N–H and O–H groups in total. The minimum atomic E-state index is -0.736. The molecule has 1 saturated heterocycles. The summed E-state index contributed by atoms with van der Waals surface area (Å²) in [6.07, 6.45) is 6.66. The van der Waals surface area contributed by atoms with Gasteiger partial charge in [0.15, 0.2) is 0 Å². The van der Waals surface area contributed by atoms with Gasteiger partial charge in [0.1, 0.15) is 18.7 Å². The molecule has 0 radical (unpaired) electrons. The Morgan fingerprint density at radius 2 is 2.17 bits per heavy atom. The first kappa shape index (κ1) is 15.7. The van der Waals surface area contributed by atoms with E-state index >= 15 is 0 Å². The highest BCUT2D eigenvalue weighted by molar-refractivity contribution is 5.73. The molecule has 2 atom stereocenters. The molecule has 0 amide bonds. The number of hydrogen-bond acceptors (Lipinski definition) is 4. The Kier molecular flexibility index (Phi) is 5.02. The first-order valence-electron chi connectivity index (χ1n) is 8.09. The van der Waals surface area contributed by atoms with Crippen molar-refractivity contribution in [3.05, 3.63) is 48.5 Å². The van der Waals surface area contributed by atoms with Crippen LogP contribution in [0.15, 0.2) is 43.0 Å². The van der Waals surface area contributed by atoms with Gasteiger partial charge in [-0.25, -0.2) is 9.67 Å². The molecule has 1 fully saturated rings. The molecule has 6 nitrogen and oxygen atoms in total. The van der Waals surface area contributed by atoms with E-state index < -0.39 is 12.0 Å². The van der Waals surface area contributed by atoms with Crippen molar-refractivity contribution in [3.63, 3.8) is 0 Å². The monoisotopic (exact) mass is 314 g/mol. The summed E-state index contributed by atoms with van der Waals surface area (Å²) in [4.78, 5) is 17.8. The number of aromatic nitrogens is 3. The number of carbonyl (C=O) groups is 1. The molecule has 1 aromatic carbocycles. The number of carboxylic acids is 1. The average Bonchev–Trinajstić information content (AvgIpc) is 3.10. The van der Waals surface area contributed by atoms with Crippen LogP contribution in [0.5, 0.6) is 0 Å². The number of carboxylic acid groups (broad SMARTS) is 1. The number of benzene rings is 1. The lowest BCUT2D eigenvalue weighted by molar-refractivity contribution is -0.144. The van der Waals surface area contributed by atoms with Gasteiger partial charge in [-0.1, -0.05) is 30.3 Å². The molecule has 122 valence electrons. The van der Waals surface area contributed by atoms with Crippen molar-refractivity contribution in [1.29, 1.82) is 0 Å². The number of piperidine rings is 1. The summed E-state index contributed by atoms with van der Waals surface area (Å²) in [5.74, 6) is -0.736. The first-order valence-corrected chi connectivity index (χ1v) is 8.09. The lowest BCUT2D eigenvalue weighted by Gasteiger charge is -2.36. The first-order chi connectivity index (χ1) is 11.2. The summed E-state index contributed by atoms with van der Waals surface area (Å²) in [5.41, 5.74) is 1.18. The molecule has 3 rings (SSSR count). The van der Waals surface area contributed by atoms with Gasteiger partial charge in [-0.2, -0.15) is 5.10 Å². The molecule has 1 aromatic heterocycles. The van der Waals surface area contributed by atoms with E-state index in [1.807, 2.05) is 35.0 Å². The highest BCUT2D eigenvalue weighted by atomic mass is 16.4. The normalized spacial score (nSPS) is 20.3. The Hall–Kier alpha value is -2.21. The summed E-state index contributed by atoms with van der Waals surface area (Å²) in [6, 6.07) is 9.83. The fourth-order valence-corrected chi connectivity index (χ4v) is 3.30. The molecular weight excluding hydrogens is 292 g/mol. The van der Waals surface area contributed by atoms with Gasteiger partial charge in [0, 0.05) is 6.54 Å². The van der Waals surface area contributed by atoms with Crippen LogP contribution >= 0.6 is 0 Å². The molecule has 2 unspecified atom stereocenters. The predicted molar refractivity (Wildman–Crippen MR) is 86.1 cm³/mol. The van der Waals surface area contributed by atoms with Gasteiger partial charge < -0.3 is 5.11 Å². The van der Waals surface area contributed by atoms with Gasteiger partial charge in [0.2, 0.25) is 0 Å². The van der Waals surface area contributed by atoms with Crippen LogP contribution < -0.4 is 0 Å². The van der Waals surface area contributed by atoms with Gasteiger partial charge in [-0.15, -0.1) is 0 Å². The van der Waals surface area contributed by atoms with E-state index in [1.165, 1.54) is 11.9 Å². The molecular formula is C17H22N4O2. The molecule has 1 aliphatic heterocycles. The van der Waals surface area contributed by atoms with Crippen LogP contribution in [0.4, 0.5) is 0 Å². The van der Waals surface area contributed by atoms with Crippen molar-refractivity contribution >= 4 is 5.97 Å². The molecule has 1 aliphatic rings. The summed E-state index contributed by atoms with van der Waals surface area (Å²) < 4.78 is 1.85. The van der Waals surface area contributed by atoms with E-state index in [-0.39, 0.29) is 6.04 Å². The quantitative estimate of drug-likeness (QED) is 0.883. The SMILES string of the molecule is O=C(O)C(CCc1ccccc1)N1CCCC(n2cncn2)C1. The van der Waals surface area contributed by atoms with Crippen molar-refractivity contribution < 1.29 is 9.90 Å². The lowest BCUT2D eigenvalue weighted by Crippen LogP contribution is -2.47. The van der Waals surface area contributed by atoms with Gasteiger partial charge in [-0.3, -0.25) is 9.69 Å². The van der Waals surface area contributed by atoms with Crippen LogP contribution in [0.1, 0.15) is 30.9 Å². The van der Waals surface area contributed by atoms with Crippen molar-refractivity contribution in [2.24, 2.45) is 0 Å². The molecule has 0 bridgehead atoms. The Labute approximate surface area is 135 Å². The second-order valence-corrected chi connectivity index (χ2v) is 6.04. The van der Waals surface area contributed by atoms with Crippen molar-refractivity contribution in [1.82, 2.24) is 19.7 Å². The Balaban J connectivity index is 1.64. The largest absolute Gasteiger partial charge is 0.480 e. The average molecular weight is 314 g/mol. The second-order valence-electron chi connectivity index (χ2n) is 6.04. The minimum absolute atomic E-state index is 0.213. The maximum absolute atomic E-state index is 11.7. The highest BCUT2D eigenvalue weighted by Crippen LogP contribution is 2.23. The summed E-state index contributed by atoms with van der Waals surface area (Å²) in [6.45, 7) is 1.55. The van der Waals surface area contributed by atoms with Crippen LogP contribution in [-0.2, 0) is 11.2 Å². The van der Waals surface area contributed by atoms with E-state index in [0.717, 1.165) is 32.4 Å². The highest BCUT2D eigenvalue weighted by Gasteiger charge is 2.31. The van der Waals surface area contributed by atoms with E-state index in [1.54, 1.807) is 6.33 Å². The number of hydrogen-bond donors (Lipinski definition) is 1. The standard InChI is InChI=1S/C17H22N4O2/c22-17(23)16(9-8-14-5-2-1-3-6-14)20-10-4-7-15(11-20)21-13-18-12-19-21/h1-3,5-6,12-13,15-16H,4,7-11H2,(H,22,23). The van der Waals surface area contributed by atoms with Gasteiger partial charge in [-0.05, 0) is 37.8 Å². The fourth-order valence-electron chi connectivity index (χ4n) is 3.30. The third kappa shape index (κ3) is 3.96. The van der Waals surface area contributed by atoms with Crippen LogP contribution in [0.3, 0.4) is 0 Å². The van der Waals surface area contributed by atoms with Gasteiger partial charge in [0.25, 0.3) is 0 Å². The number of likely N-dealkylation sites (tertiary alicyclic amines) is 1. The zero-order valence-corrected chi connectivity index (χ0v) is 13.1. The van der Waals surface area contributed by atoms with Crippen molar-refractivity contribution in [2.45, 2.75) is 37.8 Å². The van der Waals surface area contributed by atoms with Crippen LogP contribution in [0, 0.1) is 0 Å². The van der Waals surface area contributed by atoms with Crippen LogP contribution in [-0.4, -0.2) is 49.9 Å². The molecule has 6 heteroatoms. The molecule has 2 heterocycles. The fraction of sp³-hybridized carbons (Fsp3) is 0.471. The molecule has 23 heavy (non-hydrogen) atoms. The van der Waals surface area contributed by atoms with E-state index in [9.17, 15) is 9.90 Å². The number of aliphatic carboxylic acids is 1. The summed E-state index contributed by atoms with van der Waals surface area (Å²) in [5, 5.41) is 13.8. The number of aryl methyl sites for hydroxylation is 1. The molecule has 0 spiro atoms. The van der Waals surface area contributed by atoms with Crippen molar-refractivity contribution in [2.75, 3.05) is 13.1 Å². The van der Waals surface area contributed by atoms with Crippen molar-refractivity contribution in [3.8, 4) is 0 Å². The Morgan fingerprint density at radius 3 is 2.87 bits per heavy atom. The lowest BCUT2D eigenvalue weighted by atomic mass is 9.99. The molecule has 2 aromatic rings. The van der Waals surface area contributed by atoms with E-state index in [4.69, 9.17) is 0 Å². The Bertz CT molecular complexity index is 615. The predicted octanol–water partition coefficient (Wildman–Crippen LogP) is 2.00. The Morgan fingerprint density at radius 1 is 1.35 bits per heavy atom. The third-order valence-corrected chi connectivity index (χ3v) is 4.51. The molecule has 0 aliphatic carbocycles. The topological polar surface area (TPSA) is 71.2 Å².